The van der Waals surface area contributed by atoms with E-state index in [1.807, 2.05) is 12.1 Å². The normalized spacial score (nSPS) is 10.2. The first-order chi connectivity index (χ1) is 6.40. The van der Waals surface area contributed by atoms with Crippen LogP contribution in [0.3, 0.4) is 0 Å². The average molecular weight is 176 g/mol. The van der Waals surface area contributed by atoms with Gasteiger partial charge in [-0.1, -0.05) is 0 Å². The van der Waals surface area contributed by atoms with Crippen molar-refractivity contribution < 1.29 is 4.42 Å². The Morgan fingerprint density at radius 1 is 1.38 bits per heavy atom. The molecule has 0 spiro atoms. The lowest BCUT2D eigenvalue weighted by atomic mass is 10.3. The molecule has 0 amide bonds. The predicted molar refractivity (Wildman–Crippen MR) is 45.4 cm³/mol. The van der Waals surface area contributed by atoms with Gasteiger partial charge in [0.2, 0.25) is 11.8 Å². The fraction of sp³-hybridized carbons (Fsp3) is 0.125. The molecule has 0 bridgehead atoms. The van der Waals surface area contributed by atoms with E-state index in [-0.39, 0.29) is 6.54 Å². The third-order valence-electron chi connectivity index (χ3n) is 1.55. The van der Waals surface area contributed by atoms with Gasteiger partial charge in [0.05, 0.1) is 12.1 Å². The highest BCUT2D eigenvalue weighted by Crippen LogP contribution is 2.15. The van der Waals surface area contributed by atoms with Crippen LogP contribution in [-0.4, -0.2) is 15.2 Å². The fourth-order valence-corrected chi connectivity index (χ4v) is 0.942. The van der Waals surface area contributed by atoms with Gasteiger partial charge in [-0.05, 0) is 12.1 Å². The van der Waals surface area contributed by atoms with Crippen LogP contribution in [0.1, 0.15) is 5.89 Å². The molecule has 0 unspecified atom stereocenters. The molecular weight excluding hydrogens is 168 g/mol. The van der Waals surface area contributed by atoms with Gasteiger partial charge in [0.1, 0.15) is 0 Å². The van der Waals surface area contributed by atoms with Gasteiger partial charge in [-0.2, -0.15) is 0 Å². The molecule has 0 aromatic carbocycles. The van der Waals surface area contributed by atoms with Gasteiger partial charge in [0.25, 0.3) is 0 Å². The summed E-state index contributed by atoms with van der Waals surface area (Å²) in [5.41, 5.74) is 6.13. The summed E-state index contributed by atoms with van der Waals surface area (Å²) in [5.74, 6) is 0.882. The SMILES string of the molecule is NCc1nnc(-c2cccnc2)o1. The van der Waals surface area contributed by atoms with Crippen LogP contribution in [0.15, 0.2) is 28.9 Å². The van der Waals surface area contributed by atoms with E-state index in [0.29, 0.717) is 11.8 Å². The number of rotatable bonds is 2. The van der Waals surface area contributed by atoms with Crippen LogP contribution in [0.4, 0.5) is 0 Å². The van der Waals surface area contributed by atoms with E-state index in [9.17, 15) is 0 Å². The maximum atomic E-state index is 5.33. The van der Waals surface area contributed by atoms with Crippen LogP contribution >= 0.6 is 0 Å². The van der Waals surface area contributed by atoms with Crippen molar-refractivity contribution >= 4 is 0 Å². The van der Waals surface area contributed by atoms with Crippen molar-refractivity contribution in [3.05, 3.63) is 30.4 Å². The Balaban J connectivity index is 2.36. The summed E-state index contributed by atoms with van der Waals surface area (Å²) in [6, 6.07) is 3.66. The second kappa shape index (κ2) is 3.32. The topological polar surface area (TPSA) is 77.8 Å². The van der Waals surface area contributed by atoms with Crippen molar-refractivity contribution in [3.63, 3.8) is 0 Å². The van der Waals surface area contributed by atoms with Gasteiger partial charge < -0.3 is 10.2 Å². The van der Waals surface area contributed by atoms with Crippen LogP contribution in [0, 0.1) is 0 Å². The number of nitrogens with two attached hydrogens (primary N) is 1. The second-order valence-electron chi connectivity index (χ2n) is 2.45. The standard InChI is InChI=1S/C8H8N4O/c9-4-7-11-12-8(13-7)6-2-1-3-10-5-6/h1-3,5H,4,9H2. The molecular formula is C8H8N4O. The van der Waals surface area contributed by atoms with Crippen molar-refractivity contribution in [3.8, 4) is 11.5 Å². The molecule has 0 aliphatic carbocycles. The van der Waals surface area contributed by atoms with Crippen molar-refractivity contribution in [2.45, 2.75) is 6.54 Å². The zero-order valence-electron chi connectivity index (χ0n) is 6.84. The van der Waals surface area contributed by atoms with Crippen molar-refractivity contribution in [2.75, 3.05) is 0 Å². The molecule has 2 N–H and O–H groups in total. The third kappa shape index (κ3) is 1.54. The number of aromatic nitrogens is 3. The molecule has 0 saturated carbocycles. The quantitative estimate of drug-likeness (QED) is 0.724. The highest BCUT2D eigenvalue weighted by molar-refractivity contribution is 5.49. The largest absolute Gasteiger partial charge is 0.419 e. The summed E-state index contributed by atoms with van der Waals surface area (Å²) >= 11 is 0. The molecule has 0 radical (unpaired) electrons. The molecule has 2 heterocycles. The summed E-state index contributed by atoms with van der Waals surface area (Å²) in [5, 5.41) is 7.56. The minimum atomic E-state index is 0.257. The lowest BCUT2D eigenvalue weighted by molar-refractivity contribution is 0.508. The smallest absolute Gasteiger partial charge is 0.249 e. The molecule has 66 valence electrons. The highest BCUT2D eigenvalue weighted by atomic mass is 16.4. The Bertz CT molecular complexity index is 384. The van der Waals surface area contributed by atoms with E-state index in [0.717, 1.165) is 5.56 Å². The monoisotopic (exact) mass is 176 g/mol. The average Bonchev–Trinajstić information content (AvgIpc) is 2.67. The Morgan fingerprint density at radius 3 is 2.92 bits per heavy atom. The number of nitrogens with zero attached hydrogens (tertiary/aromatic N) is 3. The van der Waals surface area contributed by atoms with Crippen molar-refractivity contribution in [2.24, 2.45) is 5.73 Å². The minimum Gasteiger partial charge on any atom is -0.419 e. The molecule has 0 fully saturated rings. The van der Waals surface area contributed by atoms with Crippen LogP contribution in [0.25, 0.3) is 11.5 Å². The Kier molecular flexibility index (Phi) is 2.01. The zero-order chi connectivity index (χ0) is 9.10. The van der Waals surface area contributed by atoms with E-state index in [1.165, 1.54) is 0 Å². The van der Waals surface area contributed by atoms with Gasteiger partial charge in [-0.25, -0.2) is 0 Å². The van der Waals surface area contributed by atoms with Crippen LogP contribution in [0.2, 0.25) is 0 Å². The summed E-state index contributed by atoms with van der Waals surface area (Å²) in [6.45, 7) is 0.257. The van der Waals surface area contributed by atoms with Gasteiger partial charge in [0, 0.05) is 12.4 Å². The Hall–Kier alpha value is -1.75. The lowest BCUT2D eigenvalue weighted by Gasteiger charge is -1.90. The summed E-state index contributed by atoms with van der Waals surface area (Å²) in [4.78, 5) is 3.94. The van der Waals surface area contributed by atoms with Crippen molar-refractivity contribution in [1.82, 2.24) is 15.2 Å². The Labute approximate surface area is 74.6 Å². The van der Waals surface area contributed by atoms with Crippen molar-refractivity contribution in [1.29, 1.82) is 0 Å². The van der Waals surface area contributed by atoms with E-state index >= 15 is 0 Å². The first kappa shape index (κ1) is 7.88. The van der Waals surface area contributed by atoms with Crippen LogP contribution < -0.4 is 5.73 Å². The minimum absolute atomic E-state index is 0.257. The van der Waals surface area contributed by atoms with Gasteiger partial charge >= 0.3 is 0 Å². The maximum Gasteiger partial charge on any atom is 0.249 e. The summed E-state index contributed by atoms with van der Waals surface area (Å²) in [7, 11) is 0. The maximum absolute atomic E-state index is 5.33. The Morgan fingerprint density at radius 2 is 2.31 bits per heavy atom. The number of hydrogen-bond donors (Lipinski definition) is 1. The first-order valence-electron chi connectivity index (χ1n) is 3.83. The molecule has 0 atom stereocenters. The molecule has 5 heteroatoms. The zero-order valence-corrected chi connectivity index (χ0v) is 6.84. The molecule has 5 nitrogen and oxygen atoms in total. The van der Waals surface area contributed by atoms with Crippen LogP contribution in [0.5, 0.6) is 0 Å². The fourth-order valence-electron chi connectivity index (χ4n) is 0.942. The molecule has 0 saturated heterocycles. The molecule has 0 aliphatic heterocycles. The van der Waals surface area contributed by atoms with E-state index in [2.05, 4.69) is 15.2 Å². The van der Waals surface area contributed by atoms with E-state index in [1.54, 1.807) is 12.4 Å². The molecule has 13 heavy (non-hydrogen) atoms. The van der Waals surface area contributed by atoms with Gasteiger partial charge in [-0.15, -0.1) is 10.2 Å². The van der Waals surface area contributed by atoms with Gasteiger partial charge in [-0.3, -0.25) is 4.98 Å². The summed E-state index contributed by atoms with van der Waals surface area (Å²) in [6.07, 6.45) is 3.34. The van der Waals surface area contributed by atoms with Crippen LogP contribution in [-0.2, 0) is 6.54 Å². The molecule has 2 aromatic rings. The molecule has 2 rings (SSSR count). The van der Waals surface area contributed by atoms with E-state index < -0.39 is 0 Å². The number of pyridine rings is 1. The predicted octanol–water partition coefficient (Wildman–Crippen LogP) is 0.590. The lowest BCUT2D eigenvalue weighted by Crippen LogP contribution is -1.95. The first-order valence-corrected chi connectivity index (χ1v) is 3.83. The van der Waals surface area contributed by atoms with E-state index in [4.69, 9.17) is 10.2 Å². The number of hydrogen-bond acceptors (Lipinski definition) is 5. The summed E-state index contributed by atoms with van der Waals surface area (Å²) < 4.78 is 5.23. The highest BCUT2D eigenvalue weighted by Gasteiger charge is 2.05. The molecule has 2 aromatic heterocycles. The third-order valence-corrected chi connectivity index (χ3v) is 1.55. The second-order valence-corrected chi connectivity index (χ2v) is 2.45. The molecule has 0 aliphatic rings. The van der Waals surface area contributed by atoms with Gasteiger partial charge in [0.15, 0.2) is 0 Å².